The molecule has 2 amide bonds. The topological polar surface area (TPSA) is 53.5 Å². The van der Waals surface area contributed by atoms with Gasteiger partial charge in [-0.1, -0.05) is 24.3 Å². The normalized spacial score (nSPS) is 15.4. The number of amides is 2. The molecule has 5 nitrogen and oxygen atoms in total. The van der Waals surface area contributed by atoms with Gasteiger partial charge in [-0.05, 0) is 11.5 Å². The van der Waals surface area contributed by atoms with E-state index in [4.69, 9.17) is 0 Å². The highest BCUT2D eigenvalue weighted by Crippen LogP contribution is 2.15. The fourth-order valence-electron chi connectivity index (χ4n) is 2.39. The van der Waals surface area contributed by atoms with E-state index in [1.54, 1.807) is 16.0 Å². The van der Waals surface area contributed by atoms with Crippen molar-refractivity contribution in [3.8, 4) is 0 Å². The molecule has 0 atom stereocenters. The van der Waals surface area contributed by atoms with Crippen LogP contribution in [0.1, 0.15) is 10.5 Å². The second-order valence-electron chi connectivity index (χ2n) is 4.85. The fraction of sp³-hybridized carbons (Fsp3) is 0.267. The van der Waals surface area contributed by atoms with Crippen molar-refractivity contribution < 1.29 is 9.59 Å². The maximum absolute atomic E-state index is 12.4. The van der Waals surface area contributed by atoms with Crippen molar-refractivity contribution in [2.45, 2.75) is 0 Å². The summed E-state index contributed by atoms with van der Waals surface area (Å²) in [7, 11) is 0. The van der Waals surface area contributed by atoms with Crippen LogP contribution in [0.25, 0.3) is 10.8 Å². The number of carbonyl (C=O) groups is 2. The van der Waals surface area contributed by atoms with Crippen LogP contribution in [0.5, 0.6) is 0 Å². The molecule has 1 fully saturated rings. The summed E-state index contributed by atoms with van der Waals surface area (Å²) in [5, 5.41) is 2.03. The number of hydrogen-bond acceptors (Lipinski definition) is 3. The van der Waals surface area contributed by atoms with Crippen LogP contribution in [0.3, 0.4) is 0 Å². The lowest BCUT2D eigenvalue weighted by atomic mass is 10.1. The molecule has 2 aromatic rings. The monoisotopic (exact) mass is 269 g/mol. The summed E-state index contributed by atoms with van der Waals surface area (Å²) in [6, 6.07) is 9.66. The summed E-state index contributed by atoms with van der Waals surface area (Å²) in [6.07, 6.45) is 2.56. The second-order valence-corrected chi connectivity index (χ2v) is 4.85. The van der Waals surface area contributed by atoms with Gasteiger partial charge in [-0.15, -0.1) is 0 Å². The largest absolute Gasteiger partial charge is 0.342 e. The number of fused-ring (bicyclic) bond motifs is 1. The molecule has 1 aromatic heterocycles. The van der Waals surface area contributed by atoms with Crippen molar-refractivity contribution in [3.05, 3.63) is 42.2 Å². The highest BCUT2D eigenvalue weighted by atomic mass is 16.2. The molecule has 0 radical (unpaired) electrons. The Kier molecular flexibility index (Phi) is 3.33. The van der Waals surface area contributed by atoms with Gasteiger partial charge in [0, 0.05) is 37.8 Å². The molecule has 5 heteroatoms. The first-order chi connectivity index (χ1) is 9.78. The third-order valence-electron chi connectivity index (χ3n) is 3.60. The Hall–Kier alpha value is -2.43. The number of pyridine rings is 1. The molecule has 20 heavy (non-hydrogen) atoms. The van der Waals surface area contributed by atoms with Gasteiger partial charge in [-0.3, -0.25) is 14.6 Å². The zero-order chi connectivity index (χ0) is 13.9. The lowest BCUT2D eigenvalue weighted by Crippen LogP contribution is -2.48. The Morgan fingerprint density at radius 2 is 1.80 bits per heavy atom. The second kappa shape index (κ2) is 5.28. The number of nitrogens with zero attached hydrogens (tertiary/aromatic N) is 3. The first-order valence-corrected chi connectivity index (χ1v) is 6.61. The Balaban J connectivity index is 1.80. The lowest BCUT2D eigenvalue weighted by Gasteiger charge is -2.32. The first-order valence-electron chi connectivity index (χ1n) is 6.61. The molecule has 102 valence electrons. The minimum absolute atomic E-state index is 0.0682. The molecule has 2 heterocycles. The van der Waals surface area contributed by atoms with E-state index in [1.807, 2.05) is 30.3 Å². The number of carbonyl (C=O) groups excluding carboxylic acids is 2. The summed E-state index contributed by atoms with van der Waals surface area (Å²) in [5.74, 6) is -0.0682. The van der Waals surface area contributed by atoms with Gasteiger partial charge in [-0.25, -0.2) is 0 Å². The summed E-state index contributed by atoms with van der Waals surface area (Å²) in [4.78, 5) is 30.7. The van der Waals surface area contributed by atoms with Crippen molar-refractivity contribution in [2.75, 3.05) is 26.2 Å². The van der Waals surface area contributed by atoms with Crippen LogP contribution in [0.2, 0.25) is 0 Å². The summed E-state index contributed by atoms with van der Waals surface area (Å²) < 4.78 is 0. The number of aromatic nitrogens is 1. The van der Waals surface area contributed by atoms with Crippen LogP contribution < -0.4 is 0 Å². The van der Waals surface area contributed by atoms with E-state index < -0.39 is 0 Å². The first kappa shape index (κ1) is 12.6. The van der Waals surface area contributed by atoms with Gasteiger partial charge in [0.1, 0.15) is 5.69 Å². The van der Waals surface area contributed by atoms with E-state index in [2.05, 4.69) is 4.98 Å². The smallest absolute Gasteiger partial charge is 0.272 e. The number of rotatable bonds is 2. The average Bonchev–Trinajstić information content (AvgIpc) is 2.54. The van der Waals surface area contributed by atoms with E-state index in [9.17, 15) is 9.59 Å². The van der Waals surface area contributed by atoms with Crippen molar-refractivity contribution in [2.24, 2.45) is 0 Å². The average molecular weight is 269 g/mol. The molecule has 0 saturated carbocycles. The van der Waals surface area contributed by atoms with Gasteiger partial charge in [-0.2, -0.15) is 0 Å². The van der Waals surface area contributed by atoms with Crippen LogP contribution in [0.15, 0.2) is 36.5 Å². The van der Waals surface area contributed by atoms with Gasteiger partial charge >= 0.3 is 0 Å². The standard InChI is InChI=1S/C15H15N3O2/c19-11-17-5-7-18(8-6-17)15(20)14-9-12-3-1-2-4-13(12)10-16-14/h1-4,9-11H,5-8H2. The number of hydrogen-bond donors (Lipinski definition) is 0. The molecule has 0 spiro atoms. The minimum Gasteiger partial charge on any atom is -0.342 e. The van der Waals surface area contributed by atoms with Gasteiger partial charge in [0.05, 0.1) is 0 Å². The minimum atomic E-state index is -0.0682. The fourth-order valence-corrected chi connectivity index (χ4v) is 2.39. The van der Waals surface area contributed by atoms with Crippen molar-refractivity contribution in [3.63, 3.8) is 0 Å². The quantitative estimate of drug-likeness (QED) is 0.768. The Labute approximate surface area is 116 Å². The Bertz CT molecular complexity index is 648. The molecule has 0 aliphatic carbocycles. The SMILES string of the molecule is O=CN1CCN(C(=O)c2cc3ccccc3cn2)CC1. The molecule has 1 saturated heterocycles. The molecule has 1 aliphatic heterocycles. The molecular weight excluding hydrogens is 254 g/mol. The van der Waals surface area contributed by atoms with Crippen molar-refractivity contribution in [1.82, 2.24) is 14.8 Å². The third kappa shape index (κ3) is 2.34. The van der Waals surface area contributed by atoms with Crippen molar-refractivity contribution in [1.29, 1.82) is 0 Å². The van der Waals surface area contributed by atoms with E-state index in [0.29, 0.717) is 31.9 Å². The van der Waals surface area contributed by atoms with Gasteiger partial charge in [0.15, 0.2) is 0 Å². The predicted molar refractivity (Wildman–Crippen MR) is 75.3 cm³/mol. The van der Waals surface area contributed by atoms with E-state index in [-0.39, 0.29) is 5.91 Å². The lowest BCUT2D eigenvalue weighted by molar-refractivity contribution is -0.119. The summed E-state index contributed by atoms with van der Waals surface area (Å²) in [5.41, 5.74) is 0.461. The summed E-state index contributed by atoms with van der Waals surface area (Å²) in [6.45, 7) is 2.30. The van der Waals surface area contributed by atoms with Crippen LogP contribution in [-0.2, 0) is 4.79 Å². The molecular formula is C15H15N3O2. The highest BCUT2D eigenvalue weighted by Gasteiger charge is 2.22. The zero-order valence-electron chi connectivity index (χ0n) is 11.0. The highest BCUT2D eigenvalue weighted by molar-refractivity contribution is 5.96. The molecule has 0 N–H and O–H groups in total. The zero-order valence-corrected chi connectivity index (χ0v) is 11.0. The van der Waals surface area contributed by atoms with Crippen LogP contribution >= 0.6 is 0 Å². The van der Waals surface area contributed by atoms with E-state index in [1.165, 1.54) is 0 Å². The molecule has 3 rings (SSSR count). The van der Waals surface area contributed by atoms with Gasteiger partial charge < -0.3 is 9.80 Å². The molecule has 0 unspecified atom stereocenters. The maximum Gasteiger partial charge on any atom is 0.272 e. The van der Waals surface area contributed by atoms with E-state index in [0.717, 1.165) is 17.2 Å². The molecule has 1 aromatic carbocycles. The predicted octanol–water partition coefficient (Wildman–Crippen LogP) is 1.15. The maximum atomic E-state index is 12.4. The Morgan fingerprint density at radius 1 is 1.10 bits per heavy atom. The number of piperazine rings is 1. The molecule has 0 bridgehead atoms. The van der Waals surface area contributed by atoms with Crippen LogP contribution in [0.4, 0.5) is 0 Å². The molecule has 1 aliphatic rings. The van der Waals surface area contributed by atoms with Crippen LogP contribution in [0, 0.1) is 0 Å². The van der Waals surface area contributed by atoms with Gasteiger partial charge in [0.25, 0.3) is 5.91 Å². The Morgan fingerprint density at radius 3 is 2.50 bits per heavy atom. The van der Waals surface area contributed by atoms with Crippen LogP contribution in [-0.4, -0.2) is 53.3 Å². The van der Waals surface area contributed by atoms with E-state index >= 15 is 0 Å². The number of benzene rings is 1. The van der Waals surface area contributed by atoms with Gasteiger partial charge in [0.2, 0.25) is 6.41 Å². The third-order valence-corrected chi connectivity index (χ3v) is 3.60. The summed E-state index contributed by atoms with van der Waals surface area (Å²) >= 11 is 0. The van der Waals surface area contributed by atoms with Crippen molar-refractivity contribution >= 4 is 23.1 Å².